The molecule has 0 unspecified atom stereocenters. The molecule has 0 aromatic heterocycles. The van der Waals surface area contributed by atoms with Gasteiger partial charge in [0.05, 0.1) is 0 Å². The summed E-state index contributed by atoms with van der Waals surface area (Å²) in [5, 5.41) is 3.41. The molecule has 1 N–H and O–H groups in total. The fourth-order valence-electron chi connectivity index (χ4n) is 2.52. The minimum absolute atomic E-state index is 0.902. The first-order valence-corrected chi connectivity index (χ1v) is 5.72. The Morgan fingerprint density at radius 2 is 1.77 bits per heavy atom. The topological polar surface area (TPSA) is 15.3 Å². The second kappa shape index (κ2) is 3.97. The molecule has 0 atom stereocenters. The van der Waals surface area contributed by atoms with Crippen LogP contribution in [0, 0.1) is 11.8 Å². The van der Waals surface area contributed by atoms with E-state index in [1.54, 1.807) is 0 Å². The molecular weight excluding hydrogens is 160 g/mol. The van der Waals surface area contributed by atoms with Gasteiger partial charge in [-0.3, -0.25) is 4.90 Å². The third kappa shape index (κ3) is 2.05. The van der Waals surface area contributed by atoms with Crippen LogP contribution in [0.1, 0.15) is 26.7 Å². The summed E-state index contributed by atoms with van der Waals surface area (Å²) in [5.41, 5.74) is 0. The Kier molecular flexibility index (Phi) is 2.89. The van der Waals surface area contributed by atoms with Crippen molar-refractivity contribution in [3.05, 3.63) is 0 Å². The first kappa shape index (κ1) is 9.47. The minimum Gasteiger partial charge on any atom is -0.314 e. The molecule has 13 heavy (non-hydrogen) atoms. The van der Waals surface area contributed by atoms with Gasteiger partial charge in [0, 0.05) is 32.2 Å². The van der Waals surface area contributed by atoms with Crippen molar-refractivity contribution < 1.29 is 0 Å². The van der Waals surface area contributed by atoms with Crippen LogP contribution in [0.5, 0.6) is 0 Å². The van der Waals surface area contributed by atoms with Crippen molar-refractivity contribution >= 4 is 0 Å². The van der Waals surface area contributed by atoms with Crippen molar-refractivity contribution in [3.63, 3.8) is 0 Å². The molecule has 0 aromatic carbocycles. The molecule has 2 aliphatic rings. The van der Waals surface area contributed by atoms with Gasteiger partial charge in [0.25, 0.3) is 0 Å². The van der Waals surface area contributed by atoms with E-state index in [2.05, 4.69) is 24.1 Å². The second-order valence-electron chi connectivity index (χ2n) is 4.92. The van der Waals surface area contributed by atoms with E-state index in [0.717, 1.165) is 17.9 Å². The van der Waals surface area contributed by atoms with Gasteiger partial charge in [-0.1, -0.05) is 13.8 Å². The van der Waals surface area contributed by atoms with E-state index in [9.17, 15) is 0 Å². The Morgan fingerprint density at radius 1 is 1.15 bits per heavy atom. The SMILES string of the molecule is CC(C)C1CC(N2CCNCC2)C1. The lowest BCUT2D eigenvalue weighted by atomic mass is 9.73. The maximum absolute atomic E-state index is 3.41. The number of hydrogen-bond acceptors (Lipinski definition) is 2. The van der Waals surface area contributed by atoms with Gasteiger partial charge in [-0.05, 0) is 24.7 Å². The summed E-state index contributed by atoms with van der Waals surface area (Å²) in [6.07, 6.45) is 2.91. The molecule has 0 spiro atoms. The fourth-order valence-corrected chi connectivity index (χ4v) is 2.52. The average molecular weight is 182 g/mol. The molecule has 0 amide bonds. The van der Waals surface area contributed by atoms with Gasteiger partial charge in [0.1, 0.15) is 0 Å². The number of rotatable bonds is 2. The molecule has 2 heteroatoms. The average Bonchev–Trinajstić information content (AvgIpc) is 2.02. The molecule has 1 heterocycles. The van der Waals surface area contributed by atoms with Gasteiger partial charge in [-0.25, -0.2) is 0 Å². The van der Waals surface area contributed by atoms with Crippen molar-refractivity contribution in [1.82, 2.24) is 10.2 Å². The summed E-state index contributed by atoms with van der Waals surface area (Å²) in [6.45, 7) is 9.66. The monoisotopic (exact) mass is 182 g/mol. The van der Waals surface area contributed by atoms with Crippen molar-refractivity contribution in [2.75, 3.05) is 26.2 Å². The van der Waals surface area contributed by atoms with Gasteiger partial charge >= 0.3 is 0 Å². The zero-order valence-electron chi connectivity index (χ0n) is 8.92. The summed E-state index contributed by atoms with van der Waals surface area (Å²) in [4.78, 5) is 2.68. The molecule has 1 saturated heterocycles. The maximum atomic E-state index is 3.41. The van der Waals surface area contributed by atoms with Gasteiger partial charge in [-0.15, -0.1) is 0 Å². The Labute approximate surface area is 81.7 Å². The van der Waals surface area contributed by atoms with Crippen LogP contribution in [-0.4, -0.2) is 37.1 Å². The van der Waals surface area contributed by atoms with Crippen molar-refractivity contribution in [3.8, 4) is 0 Å². The highest BCUT2D eigenvalue weighted by molar-refractivity contribution is 4.89. The van der Waals surface area contributed by atoms with E-state index in [1.807, 2.05) is 0 Å². The third-order valence-corrected chi connectivity index (χ3v) is 3.76. The van der Waals surface area contributed by atoms with E-state index in [0.29, 0.717) is 0 Å². The summed E-state index contributed by atoms with van der Waals surface area (Å²) >= 11 is 0. The molecular formula is C11H22N2. The predicted octanol–water partition coefficient (Wildman–Crippen LogP) is 1.33. The van der Waals surface area contributed by atoms with Crippen LogP contribution in [-0.2, 0) is 0 Å². The molecule has 1 aliphatic heterocycles. The Bertz CT molecular complexity index is 155. The lowest BCUT2D eigenvalue weighted by Gasteiger charge is -2.46. The van der Waals surface area contributed by atoms with Crippen LogP contribution in [0.4, 0.5) is 0 Å². The minimum atomic E-state index is 0.902. The van der Waals surface area contributed by atoms with Crippen molar-refractivity contribution in [1.29, 1.82) is 0 Å². The van der Waals surface area contributed by atoms with Crippen molar-refractivity contribution in [2.24, 2.45) is 11.8 Å². The molecule has 0 bridgehead atoms. The molecule has 2 fully saturated rings. The van der Waals surface area contributed by atoms with Crippen LogP contribution in [0.15, 0.2) is 0 Å². The second-order valence-corrected chi connectivity index (χ2v) is 4.92. The van der Waals surface area contributed by atoms with E-state index in [4.69, 9.17) is 0 Å². The summed E-state index contributed by atoms with van der Waals surface area (Å²) in [7, 11) is 0. The Balaban J connectivity index is 1.72. The predicted molar refractivity (Wildman–Crippen MR) is 55.8 cm³/mol. The quantitative estimate of drug-likeness (QED) is 0.693. The van der Waals surface area contributed by atoms with Crippen molar-refractivity contribution in [2.45, 2.75) is 32.7 Å². The lowest BCUT2D eigenvalue weighted by molar-refractivity contribution is 0.0473. The fraction of sp³-hybridized carbons (Fsp3) is 1.00. The van der Waals surface area contributed by atoms with Crippen LogP contribution in [0.25, 0.3) is 0 Å². The maximum Gasteiger partial charge on any atom is 0.0110 e. The van der Waals surface area contributed by atoms with E-state index in [1.165, 1.54) is 39.0 Å². The zero-order valence-corrected chi connectivity index (χ0v) is 8.92. The third-order valence-electron chi connectivity index (χ3n) is 3.76. The van der Waals surface area contributed by atoms with Gasteiger partial charge < -0.3 is 5.32 Å². The normalized spacial score (nSPS) is 36.2. The highest BCUT2D eigenvalue weighted by Gasteiger charge is 2.35. The standard InChI is InChI=1S/C11H22N2/c1-9(2)10-7-11(8-10)13-5-3-12-4-6-13/h9-12H,3-8H2,1-2H3. The number of nitrogens with zero attached hydrogens (tertiary/aromatic N) is 1. The van der Waals surface area contributed by atoms with Crippen LogP contribution < -0.4 is 5.32 Å². The molecule has 0 aromatic rings. The lowest BCUT2D eigenvalue weighted by Crippen LogP contribution is -2.53. The summed E-state index contributed by atoms with van der Waals surface area (Å²) < 4.78 is 0. The Morgan fingerprint density at radius 3 is 2.31 bits per heavy atom. The largest absolute Gasteiger partial charge is 0.314 e. The molecule has 76 valence electrons. The van der Waals surface area contributed by atoms with Gasteiger partial charge in [-0.2, -0.15) is 0 Å². The van der Waals surface area contributed by atoms with E-state index < -0.39 is 0 Å². The van der Waals surface area contributed by atoms with Gasteiger partial charge in [0.15, 0.2) is 0 Å². The zero-order chi connectivity index (χ0) is 9.26. The molecule has 1 saturated carbocycles. The highest BCUT2D eigenvalue weighted by Crippen LogP contribution is 2.36. The van der Waals surface area contributed by atoms with Gasteiger partial charge in [0.2, 0.25) is 0 Å². The number of hydrogen-bond donors (Lipinski definition) is 1. The van der Waals surface area contributed by atoms with E-state index in [-0.39, 0.29) is 0 Å². The van der Waals surface area contributed by atoms with Crippen LogP contribution >= 0.6 is 0 Å². The Hall–Kier alpha value is -0.0800. The van der Waals surface area contributed by atoms with Crippen LogP contribution in [0.2, 0.25) is 0 Å². The molecule has 2 nitrogen and oxygen atoms in total. The summed E-state index contributed by atoms with van der Waals surface area (Å²) in [6, 6.07) is 0.925. The first-order chi connectivity index (χ1) is 6.27. The smallest absolute Gasteiger partial charge is 0.0110 e. The molecule has 1 aliphatic carbocycles. The number of piperazine rings is 1. The molecule has 0 radical (unpaired) electrons. The van der Waals surface area contributed by atoms with Crippen LogP contribution in [0.3, 0.4) is 0 Å². The first-order valence-electron chi connectivity index (χ1n) is 5.72. The molecule has 2 rings (SSSR count). The van der Waals surface area contributed by atoms with E-state index >= 15 is 0 Å². The number of nitrogens with one attached hydrogen (secondary N) is 1. The highest BCUT2D eigenvalue weighted by atomic mass is 15.2. The summed E-state index contributed by atoms with van der Waals surface area (Å²) in [5.74, 6) is 1.92.